The van der Waals surface area contributed by atoms with E-state index in [0.717, 1.165) is 99.8 Å². The van der Waals surface area contributed by atoms with E-state index < -0.39 is 5.41 Å². The second kappa shape index (κ2) is 16.2. The molecule has 3 unspecified atom stereocenters. The quantitative estimate of drug-likeness (QED) is 0.168. The summed E-state index contributed by atoms with van der Waals surface area (Å²) in [5.74, 6) is 2.34. The fourth-order valence-corrected chi connectivity index (χ4v) is 17.2. The summed E-state index contributed by atoms with van der Waals surface area (Å²) in [6.07, 6.45) is 18.4. The van der Waals surface area contributed by atoms with E-state index in [0.29, 0.717) is 41.9 Å². The first-order chi connectivity index (χ1) is 31.4. The van der Waals surface area contributed by atoms with Crippen LogP contribution in [0.4, 0.5) is 0 Å². The van der Waals surface area contributed by atoms with E-state index in [9.17, 15) is 9.59 Å². The van der Waals surface area contributed by atoms with Crippen LogP contribution in [0.5, 0.6) is 0 Å². The van der Waals surface area contributed by atoms with Crippen molar-refractivity contribution >= 4 is 17.8 Å². The van der Waals surface area contributed by atoms with Crippen LogP contribution in [0.2, 0.25) is 0 Å². The van der Waals surface area contributed by atoms with Gasteiger partial charge in [0, 0.05) is 29.9 Å². The second-order valence-electron chi connectivity index (χ2n) is 24.5. The first-order valence-corrected chi connectivity index (χ1v) is 25.7. The summed E-state index contributed by atoms with van der Waals surface area (Å²) in [5.41, 5.74) is 3.43. The van der Waals surface area contributed by atoms with Crippen LogP contribution < -0.4 is 0 Å². The number of aromatic nitrogens is 3. The Hall–Kier alpha value is -4.27. The SMILES string of the molecule is C=C(C)[C@@H]1CC[C@]2(C(=O)N3CCCC3c3ncc(-c4cccnc4)[nH]3)CC[C@]3(C)[C@H](CC[C@@H]4[C@@]5(C)CC[C@H](OC(=O)C6CC(C(=O)OCc7ccccc7)C6(C)C)C(C)(C)[C@@H]5CC[C@]43C)[C@@H]12. The maximum absolute atomic E-state index is 15.6. The lowest BCUT2D eigenvalue weighted by molar-refractivity contribution is -0.251. The number of fused-ring (bicyclic) bond motifs is 7. The molecule has 3 aromatic rings. The summed E-state index contributed by atoms with van der Waals surface area (Å²) in [6, 6.07) is 13.7. The molecule has 354 valence electrons. The molecule has 1 N–H and O–H groups in total. The topological polar surface area (TPSA) is 114 Å². The molecule has 0 spiro atoms. The number of rotatable bonds is 9. The molecule has 2 aromatic heterocycles. The zero-order valence-corrected chi connectivity index (χ0v) is 41.2. The first kappa shape index (κ1) is 45.5. The smallest absolute Gasteiger partial charge is 0.309 e. The number of imidazole rings is 1. The zero-order chi connectivity index (χ0) is 46.6. The fraction of sp³-hybridized carbons (Fsp3) is 0.667. The third-order valence-corrected chi connectivity index (χ3v) is 21.1. The third-order valence-electron chi connectivity index (χ3n) is 21.1. The molecule has 1 saturated heterocycles. The molecule has 0 bridgehead atoms. The Bertz CT molecular complexity index is 2360. The molecule has 7 aliphatic rings. The van der Waals surface area contributed by atoms with Crippen molar-refractivity contribution in [2.24, 2.45) is 73.9 Å². The number of carbonyl (C=O) groups excluding carboxylic acids is 3. The Morgan fingerprint density at radius 2 is 1.56 bits per heavy atom. The highest BCUT2D eigenvalue weighted by Gasteiger charge is 2.72. The lowest BCUT2D eigenvalue weighted by Crippen LogP contribution is -2.67. The van der Waals surface area contributed by atoms with Gasteiger partial charge in [0.25, 0.3) is 0 Å². The van der Waals surface area contributed by atoms with Crippen LogP contribution in [0.3, 0.4) is 0 Å². The molecule has 6 aliphatic carbocycles. The molecule has 9 nitrogen and oxygen atoms in total. The number of hydrogen-bond donors (Lipinski definition) is 1. The molecule has 9 heteroatoms. The summed E-state index contributed by atoms with van der Waals surface area (Å²) >= 11 is 0. The molecule has 6 saturated carbocycles. The minimum atomic E-state index is -0.524. The molecule has 3 heterocycles. The van der Waals surface area contributed by atoms with Gasteiger partial charge in [-0.05, 0) is 159 Å². The highest BCUT2D eigenvalue weighted by Crippen LogP contribution is 2.78. The Morgan fingerprint density at radius 3 is 2.29 bits per heavy atom. The number of allylic oxidation sites excluding steroid dienone is 1. The van der Waals surface area contributed by atoms with Crippen molar-refractivity contribution in [3.05, 3.63) is 84.6 Å². The predicted molar refractivity (Wildman–Crippen MR) is 256 cm³/mol. The van der Waals surface area contributed by atoms with Gasteiger partial charge in [-0.3, -0.25) is 19.4 Å². The molecule has 1 aromatic carbocycles. The van der Waals surface area contributed by atoms with Gasteiger partial charge < -0.3 is 19.4 Å². The maximum atomic E-state index is 15.6. The van der Waals surface area contributed by atoms with E-state index in [1.54, 1.807) is 6.20 Å². The van der Waals surface area contributed by atoms with Gasteiger partial charge in [0.05, 0.1) is 35.2 Å². The largest absolute Gasteiger partial charge is 0.462 e. The van der Waals surface area contributed by atoms with Gasteiger partial charge in [-0.15, -0.1) is 0 Å². The molecular formula is C57H76N4O5. The Balaban J connectivity index is 0.849. The number of pyridine rings is 1. The molecule has 0 radical (unpaired) electrons. The van der Waals surface area contributed by atoms with Gasteiger partial charge in [-0.25, -0.2) is 4.98 Å². The average Bonchev–Trinajstić information content (AvgIpc) is 4.07. The highest BCUT2D eigenvalue weighted by atomic mass is 16.5. The molecule has 1 amide bonds. The van der Waals surface area contributed by atoms with Crippen molar-refractivity contribution < 1.29 is 23.9 Å². The number of nitrogens with one attached hydrogen (secondary N) is 1. The monoisotopic (exact) mass is 897 g/mol. The van der Waals surface area contributed by atoms with Gasteiger partial charge in [0.2, 0.25) is 5.91 Å². The van der Waals surface area contributed by atoms with Crippen molar-refractivity contribution in [1.82, 2.24) is 19.9 Å². The molecular weight excluding hydrogens is 821 g/mol. The Kier molecular flexibility index (Phi) is 11.2. The number of esters is 2. The van der Waals surface area contributed by atoms with Crippen molar-refractivity contribution in [2.75, 3.05) is 6.54 Å². The van der Waals surface area contributed by atoms with E-state index in [-0.39, 0.29) is 69.6 Å². The van der Waals surface area contributed by atoms with Crippen LogP contribution >= 0.6 is 0 Å². The van der Waals surface area contributed by atoms with E-state index in [2.05, 4.69) is 63.0 Å². The Labute approximate surface area is 394 Å². The van der Waals surface area contributed by atoms with Crippen LogP contribution in [0.1, 0.15) is 156 Å². The third kappa shape index (κ3) is 6.75. The number of benzene rings is 1. The molecule has 66 heavy (non-hydrogen) atoms. The summed E-state index contributed by atoms with van der Waals surface area (Å²) in [5, 5.41) is 0. The maximum Gasteiger partial charge on any atom is 0.309 e. The minimum absolute atomic E-state index is 0.0394. The van der Waals surface area contributed by atoms with Crippen molar-refractivity contribution in [3.8, 4) is 11.3 Å². The van der Waals surface area contributed by atoms with Crippen LogP contribution in [0.25, 0.3) is 11.3 Å². The van der Waals surface area contributed by atoms with Gasteiger partial charge in [0.1, 0.15) is 18.5 Å². The van der Waals surface area contributed by atoms with Crippen LogP contribution in [-0.2, 0) is 30.5 Å². The number of aromatic amines is 1. The van der Waals surface area contributed by atoms with Gasteiger partial charge in [-0.1, -0.05) is 91.0 Å². The number of hydrogen-bond acceptors (Lipinski definition) is 7. The summed E-state index contributed by atoms with van der Waals surface area (Å²) in [7, 11) is 0. The van der Waals surface area contributed by atoms with Gasteiger partial charge in [0.15, 0.2) is 0 Å². The minimum Gasteiger partial charge on any atom is -0.462 e. The number of nitrogens with zero attached hydrogens (tertiary/aromatic N) is 3. The number of likely N-dealkylation sites (tertiary alicyclic amines) is 1. The van der Waals surface area contributed by atoms with Crippen LogP contribution in [0.15, 0.2) is 73.2 Å². The molecule has 13 atom stereocenters. The van der Waals surface area contributed by atoms with E-state index in [4.69, 9.17) is 14.5 Å². The van der Waals surface area contributed by atoms with Gasteiger partial charge in [-0.2, -0.15) is 0 Å². The lowest BCUT2D eigenvalue weighted by atomic mass is 9.32. The zero-order valence-electron chi connectivity index (χ0n) is 41.2. The Morgan fingerprint density at radius 1 is 0.788 bits per heavy atom. The first-order valence-electron chi connectivity index (χ1n) is 25.7. The number of H-pyrrole nitrogens is 1. The summed E-state index contributed by atoms with van der Waals surface area (Å²) in [6.45, 7) is 24.6. The molecule has 7 fully saturated rings. The van der Waals surface area contributed by atoms with Crippen molar-refractivity contribution in [1.29, 1.82) is 0 Å². The van der Waals surface area contributed by atoms with Crippen LogP contribution in [0, 0.1) is 73.9 Å². The molecule has 1 aliphatic heterocycles. The standard InChI is InChI=1S/C57H76N4O5/c1-35(2)38-21-26-57(51(64)61-30-14-18-43(61)48-59-33-42(60-48)37-17-13-29-58-32-37)28-27-55(8)39(47(38)57)19-20-45-54(7)24-23-46(53(5,6)44(54)22-25-56(45,55)9)66-50(63)41-31-40(52(41,3)4)49(62)65-34-36-15-11-10-12-16-36/h10-13,15-17,29,32-33,38-41,43-47H,1,14,18-28,30-31,34H2,2-9H3,(H,59,60)/t38-,39+,40?,41?,43?,44-,45+,46-,47+,54-,55+,56+,57-/m0/s1. The normalized spacial score (nSPS) is 39.6. The van der Waals surface area contributed by atoms with Crippen molar-refractivity contribution in [2.45, 2.75) is 158 Å². The van der Waals surface area contributed by atoms with E-state index >= 15 is 4.79 Å². The van der Waals surface area contributed by atoms with Crippen LogP contribution in [-0.4, -0.2) is 50.3 Å². The lowest BCUT2D eigenvalue weighted by Gasteiger charge is -2.73. The van der Waals surface area contributed by atoms with E-state index in [1.807, 2.05) is 68.7 Å². The number of ether oxygens (including phenoxy) is 2. The summed E-state index contributed by atoms with van der Waals surface area (Å²) in [4.78, 5) is 58.0. The number of carbonyl (C=O) groups is 3. The van der Waals surface area contributed by atoms with E-state index in [1.165, 1.54) is 12.0 Å². The second-order valence-corrected chi connectivity index (χ2v) is 24.5. The molecule has 10 rings (SSSR count). The highest BCUT2D eigenvalue weighted by molar-refractivity contribution is 5.85. The number of amides is 1. The average molecular weight is 897 g/mol. The van der Waals surface area contributed by atoms with Crippen molar-refractivity contribution in [3.63, 3.8) is 0 Å². The predicted octanol–water partition coefficient (Wildman–Crippen LogP) is 12.1. The fourth-order valence-electron chi connectivity index (χ4n) is 17.2. The summed E-state index contributed by atoms with van der Waals surface area (Å²) < 4.78 is 12.4. The van der Waals surface area contributed by atoms with Gasteiger partial charge >= 0.3 is 11.9 Å².